The van der Waals surface area contributed by atoms with E-state index in [9.17, 15) is 24.9 Å². The number of H-pyrrole nitrogens is 1. The molecule has 0 bridgehead atoms. The summed E-state index contributed by atoms with van der Waals surface area (Å²) >= 11 is 5.97. The molecule has 148 valence electrons. The third kappa shape index (κ3) is 2.71. The zero-order valence-electron chi connectivity index (χ0n) is 14.6. The quantitative estimate of drug-likeness (QED) is 0.491. The van der Waals surface area contributed by atoms with Gasteiger partial charge in [0.15, 0.2) is 11.8 Å². The predicted octanol–water partition coefficient (Wildman–Crippen LogP) is 0.383. The molecular formula is C18H17ClN2O7. The van der Waals surface area contributed by atoms with Gasteiger partial charge in [-0.2, -0.15) is 0 Å². The zero-order valence-corrected chi connectivity index (χ0v) is 15.4. The van der Waals surface area contributed by atoms with E-state index in [2.05, 4.69) is 4.98 Å². The van der Waals surface area contributed by atoms with Gasteiger partial charge in [0.2, 0.25) is 0 Å². The van der Waals surface area contributed by atoms with Crippen LogP contribution < -0.4 is 11.2 Å². The van der Waals surface area contributed by atoms with Crippen LogP contribution in [0.4, 0.5) is 0 Å². The van der Waals surface area contributed by atoms with Gasteiger partial charge >= 0.3 is 5.69 Å². The van der Waals surface area contributed by atoms with Crippen molar-refractivity contribution in [2.75, 3.05) is 6.61 Å². The summed E-state index contributed by atoms with van der Waals surface area (Å²) in [5.74, 6) is -0.0481. The minimum atomic E-state index is -2.14. The molecule has 0 amide bonds. The van der Waals surface area contributed by atoms with E-state index in [0.29, 0.717) is 16.0 Å². The Bertz CT molecular complexity index is 1170. The van der Waals surface area contributed by atoms with Crippen LogP contribution in [0, 0.1) is 6.92 Å². The molecule has 0 aliphatic carbocycles. The van der Waals surface area contributed by atoms with Crippen molar-refractivity contribution < 1.29 is 24.5 Å². The molecular weight excluding hydrogens is 392 g/mol. The molecule has 4 N–H and O–H groups in total. The first-order valence-corrected chi connectivity index (χ1v) is 8.82. The molecule has 2 aromatic heterocycles. The van der Waals surface area contributed by atoms with Gasteiger partial charge in [-0.15, -0.1) is 0 Å². The molecule has 0 saturated carbocycles. The first kappa shape index (κ1) is 18.9. The number of rotatable bonds is 3. The number of nitrogens with zero attached hydrogens (tertiary/aromatic N) is 1. The highest BCUT2D eigenvalue weighted by Gasteiger charge is 2.59. The van der Waals surface area contributed by atoms with Gasteiger partial charge in [-0.05, 0) is 31.2 Å². The number of furan rings is 1. The van der Waals surface area contributed by atoms with E-state index in [1.807, 2.05) is 0 Å². The topological polar surface area (TPSA) is 138 Å². The van der Waals surface area contributed by atoms with Crippen molar-refractivity contribution >= 4 is 22.6 Å². The normalized spacial score (nSPS) is 27.5. The number of hydrogen-bond acceptors (Lipinski definition) is 7. The fourth-order valence-corrected chi connectivity index (χ4v) is 3.63. The van der Waals surface area contributed by atoms with Crippen molar-refractivity contribution in [2.45, 2.75) is 31.0 Å². The highest BCUT2D eigenvalue weighted by molar-refractivity contribution is 6.31. The predicted molar refractivity (Wildman–Crippen MR) is 98.2 cm³/mol. The van der Waals surface area contributed by atoms with Crippen LogP contribution in [0.5, 0.6) is 0 Å². The Hall–Kier alpha value is -2.43. The number of halogens is 1. The van der Waals surface area contributed by atoms with E-state index in [4.69, 9.17) is 20.8 Å². The molecule has 4 rings (SSSR count). The summed E-state index contributed by atoms with van der Waals surface area (Å²) in [7, 11) is 0. The molecule has 0 spiro atoms. The van der Waals surface area contributed by atoms with Crippen LogP contribution in [0.1, 0.15) is 17.6 Å². The Labute approximate surface area is 162 Å². The second-order valence-electron chi connectivity index (χ2n) is 6.74. The summed E-state index contributed by atoms with van der Waals surface area (Å²) in [6, 6.07) is 6.32. The average Bonchev–Trinajstić information content (AvgIpc) is 3.18. The highest BCUT2D eigenvalue weighted by Crippen LogP contribution is 2.45. The first-order valence-electron chi connectivity index (χ1n) is 8.44. The van der Waals surface area contributed by atoms with Crippen LogP contribution >= 0.6 is 11.6 Å². The number of fused-ring (bicyclic) bond motifs is 1. The molecule has 3 heterocycles. The number of aromatic nitrogens is 2. The number of nitrogens with one attached hydrogen (secondary N) is 1. The highest BCUT2D eigenvalue weighted by atomic mass is 35.5. The number of aryl methyl sites for hydroxylation is 1. The largest absolute Gasteiger partial charge is 0.458 e. The monoisotopic (exact) mass is 408 g/mol. The smallest absolute Gasteiger partial charge is 0.330 e. The molecule has 4 atom stereocenters. The Morgan fingerprint density at radius 1 is 1.32 bits per heavy atom. The number of hydrogen-bond donors (Lipinski definition) is 4. The van der Waals surface area contributed by atoms with Crippen LogP contribution in [-0.4, -0.2) is 43.7 Å². The number of ether oxygens (including phenoxy) is 1. The van der Waals surface area contributed by atoms with Crippen LogP contribution in [-0.2, 0) is 10.3 Å². The van der Waals surface area contributed by atoms with Crippen molar-refractivity contribution in [1.82, 2.24) is 9.55 Å². The van der Waals surface area contributed by atoms with Crippen molar-refractivity contribution in [2.24, 2.45) is 0 Å². The molecule has 3 aromatic rings. The molecule has 9 nitrogen and oxygen atoms in total. The summed E-state index contributed by atoms with van der Waals surface area (Å²) in [5.41, 5.74) is -2.91. The lowest BCUT2D eigenvalue weighted by atomic mass is 9.89. The number of aliphatic hydroxyl groups excluding tert-OH is 2. The summed E-state index contributed by atoms with van der Waals surface area (Å²) in [5, 5.41) is 32.9. The molecule has 1 aliphatic rings. The van der Waals surface area contributed by atoms with E-state index in [-0.39, 0.29) is 11.3 Å². The third-order valence-corrected chi connectivity index (χ3v) is 5.21. The van der Waals surface area contributed by atoms with E-state index < -0.39 is 41.9 Å². The lowest BCUT2D eigenvalue weighted by molar-refractivity contribution is -0.109. The van der Waals surface area contributed by atoms with Gasteiger partial charge in [0, 0.05) is 22.2 Å². The van der Waals surface area contributed by atoms with Crippen LogP contribution in [0.15, 0.2) is 44.5 Å². The second kappa shape index (κ2) is 6.57. The van der Waals surface area contributed by atoms with Crippen LogP contribution in [0.3, 0.4) is 0 Å². The maximum Gasteiger partial charge on any atom is 0.330 e. The Morgan fingerprint density at radius 3 is 2.79 bits per heavy atom. The first-order chi connectivity index (χ1) is 13.3. The van der Waals surface area contributed by atoms with Gasteiger partial charge in [-0.25, -0.2) is 4.79 Å². The van der Waals surface area contributed by atoms with E-state index in [0.717, 1.165) is 4.57 Å². The van der Waals surface area contributed by atoms with Gasteiger partial charge in [-0.1, -0.05) is 11.6 Å². The SMILES string of the molecule is Cc1cn([C@@H]2O[C@H](CO)[C@](O)(c3cc4cc(Cl)ccc4o3)[C@H]2O)c(=O)[nH]c1=O. The van der Waals surface area contributed by atoms with E-state index in [1.54, 1.807) is 18.2 Å². The molecule has 1 aliphatic heterocycles. The molecule has 0 unspecified atom stereocenters. The van der Waals surface area contributed by atoms with Gasteiger partial charge < -0.3 is 24.5 Å². The minimum absolute atomic E-state index is 0.0481. The molecule has 0 radical (unpaired) electrons. The minimum Gasteiger partial charge on any atom is -0.458 e. The standard InChI is InChI=1S/C18H17ClN2O7/c1-8-6-21(17(25)20-15(8)24)16-14(23)18(26,13(7-22)28-16)12-5-9-4-10(19)2-3-11(9)27-12/h2-6,13-14,16,22-23,26H,7H2,1H3,(H,20,24,25)/t13-,14+,16-,18-/m1/s1. The maximum absolute atomic E-state index is 12.2. The molecule has 1 saturated heterocycles. The Kier molecular flexibility index (Phi) is 4.44. The summed E-state index contributed by atoms with van der Waals surface area (Å²) < 4.78 is 12.2. The average molecular weight is 409 g/mol. The van der Waals surface area contributed by atoms with E-state index in [1.165, 1.54) is 19.2 Å². The lowest BCUT2D eigenvalue weighted by Gasteiger charge is -2.27. The Morgan fingerprint density at radius 2 is 2.07 bits per heavy atom. The summed E-state index contributed by atoms with van der Waals surface area (Å²) in [6.07, 6.45) is -3.11. The number of benzene rings is 1. The summed E-state index contributed by atoms with van der Waals surface area (Å²) in [4.78, 5) is 25.9. The van der Waals surface area contributed by atoms with Crippen molar-refractivity contribution in [3.63, 3.8) is 0 Å². The van der Waals surface area contributed by atoms with Crippen molar-refractivity contribution in [3.05, 3.63) is 67.6 Å². The molecule has 10 heteroatoms. The molecule has 1 fully saturated rings. The van der Waals surface area contributed by atoms with Gasteiger partial charge in [0.1, 0.15) is 23.6 Å². The van der Waals surface area contributed by atoms with Crippen molar-refractivity contribution in [3.8, 4) is 0 Å². The second-order valence-corrected chi connectivity index (χ2v) is 7.18. The van der Waals surface area contributed by atoms with E-state index >= 15 is 0 Å². The lowest BCUT2D eigenvalue weighted by Crippen LogP contribution is -2.46. The summed E-state index contributed by atoms with van der Waals surface area (Å²) in [6.45, 7) is 0.827. The number of aliphatic hydroxyl groups is 3. The molecule has 1 aromatic carbocycles. The number of aromatic amines is 1. The maximum atomic E-state index is 12.2. The van der Waals surface area contributed by atoms with Crippen LogP contribution in [0.2, 0.25) is 5.02 Å². The van der Waals surface area contributed by atoms with Gasteiger partial charge in [0.05, 0.1) is 6.61 Å². The zero-order chi connectivity index (χ0) is 20.2. The van der Waals surface area contributed by atoms with Crippen LogP contribution in [0.25, 0.3) is 11.0 Å². The molecule has 28 heavy (non-hydrogen) atoms. The van der Waals surface area contributed by atoms with Gasteiger partial charge in [0.25, 0.3) is 5.56 Å². The fraction of sp³-hybridized carbons (Fsp3) is 0.333. The van der Waals surface area contributed by atoms with Crippen molar-refractivity contribution in [1.29, 1.82) is 0 Å². The van der Waals surface area contributed by atoms with Gasteiger partial charge in [-0.3, -0.25) is 14.3 Å². The third-order valence-electron chi connectivity index (χ3n) is 4.97. The Balaban J connectivity index is 1.83. The fourth-order valence-electron chi connectivity index (χ4n) is 3.45.